The maximum absolute atomic E-state index is 10.4. The standard InChI is InChI=1S/2C12H17NO.2C11H15NO.2C7H15NO/c2*1-12(14,11-8-5-9-13-11)10-6-3-2-4-7-10;2*13-11(10-7-4-8-12-10)9-5-2-1-3-6-9;2*1-2-7(9)6-4-3-5-8-6/h2*2-4,6-7,11,13-14H,5,8-9H2,1H3;2*1-3,5-6,10-13H,4,7-8H2;2*6-9H,2-5H2,1H3/t2*11-,12+;2*10-,11+;6-,7?;6-,7+/m101001/s1. The third-order valence-electron chi connectivity index (χ3n) is 15.4. The molecule has 0 aliphatic carbocycles. The first-order chi connectivity index (χ1) is 34.9. The Hall–Kier alpha value is -3.60. The largest absolute Gasteiger partial charge is 0.392 e. The van der Waals surface area contributed by atoms with E-state index >= 15 is 0 Å². The number of hydrogen-bond donors (Lipinski definition) is 12. The van der Waals surface area contributed by atoms with Gasteiger partial charge < -0.3 is 62.5 Å². The minimum Gasteiger partial charge on any atom is -0.392 e. The van der Waals surface area contributed by atoms with Crippen molar-refractivity contribution in [2.75, 3.05) is 39.3 Å². The first-order valence-corrected chi connectivity index (χ1v) is 27.6. The summed E-state index contributed by atoms with van der Waals surface area (Å²) in [4.78, 5) is 0. The second-order valence-corrected chi connectivity index (χ2v) is 20.8. The fourth-order valence-electron chi connectivity index (χ4n) is 10.7. The molecule has 400 valence electrons. The molecule has 12 nitrogen and oxygen atoms in total. The van der Waals surface area contributed by atoms with Crippen LogP contribution >= 0.6 is 0 Å². The Morgan fingerprint density at radius 1 is 0.389 bits per heavy atom. The summed E-state index contributed by atoms with van der Waals surface area (Å²) in [5.41, 5.74) is 2.55. The van der Waals surface area contributed by atoms with Crippen LogP contribution in [0.25, 0.3) is 0 Å². The van der Waals surface area contributed by atoms with Crippen molar-refractivity contribution >= 4 is 0 Å². The molecule has 0 spiro atoms. The molecule has 0 bridgehead atoms. The van der Waals surface area contributed by atoms with Crippen LogP contribution in [0, 0.1) is 0 Å². The average molecular weight is 995 g/mol. The summed E-state index contributed by atoms with van der Waals surface area (Å²) in [6, 6.07) is 41.2. The third kappa shape index (κ3) is 19.0. The highest BCUT2D eigenvalue weighted by Gasteiger charge is 2.36. The number of hydrogen-bond acceptors (Lipinski definition) is 12. The van der Waals surface area contributed by atoms with E-state index in [9.17, 15) is 30.6 Å². The van der Waals surface area contributed by atoms with Crippen LogP contribution in [-0.4, -0.2) is 118 Å². The van der Waals surface area contributed by atoms with Crippen LogP contribution in [-0.2, 0) is 11.2 Å². The topological polar surface area (TPSA) is 194 Å². The van der Waals surface area contributed by atoms with Crippen LogP contribution in [0.5, 0.6) is 0 Å². The van der Waals surface area contributed by atoms with E-state index in [0.717, 1.165) is 126 Å². The first-order valence-electron chi connectivity index (χ1n) is 27.6. The average Bonchev–Trinajstić information content (AvgIpc) is 4.29. The lowest BCUT2D eigenvalue weighted by atomic mass is 9.87. The highest BCUT2D eigenvalue weighted by Crippen LogP contribution is 2.30. The summed E-state index contributed by atoms with van der Waals surface area (Å²) >= 11 is 0. The maximum Gasteiger partial charge on any atom is 0.102 e. The maximum atomic E-state index is 10.4. The second kappa shape index (κ2) is 32.0. The van der Waals surface area contributed by atoms with Crippen molar-refractivity contribution in [3.63, 3.8) is 0 Å². The van der Waals surface area contributed by atoms with Crippen molar-refractivity contribution < 1.29 is 30.6 Å². The van der Waals surface area contributed by atoms with Crippen molar-refractivity contribution in [1.82, 2.24) is 31.9 Å². The summed E-state index contributed by atoms with van der Waals surface area (Å²) in [6.07, 6.45) is 14.5. The van der Waals surface area contributed by atoms with E-state index in [-0.39, 0.29) is 48.6 Å². The Kier molecular flexibility index (Phi) is 26.3. The fourth-order valence-corrected chi connectivity index (χ4v) is 10.7. The highest BCUT2D eigenvalue weighted by molar-refractivity contribution is 5.25. The SMILES string of the molecule is CCC(O)[C@@H]1CCCN1.CC[C@H](O)[C@H]1CCCN1.C[C@@](O)(c1ccccc1)[C@@H]1CCCN1.C[C@](O)(c1ccccc1)[C@H]1CCCN1.O[C@@H](c1ccccc1)[C@H]1CCCN1.O[C@H](c1ccccc1)[C@@H]1CCCN1. The van der Waals surface area contributed by atoms with E-state index in [1.807, 2.05) is 149 Å². The molecule has 6 saturated heterocycles. The number of aliphatic hydroxyl groups is 6. The molecule has 72 heavy (non-hydrogen) atoms. The normalized spacial score (nSPS) is 26.6. The van der Waals surface area contributed by atoms with E-state index in [1.54, 1.807) is 0 Å². The van der Waals surface area contributed by atoms with Crippen LogP contribution in [0.1, 0.15) is 152 Å². The Balaban J connectivity index is 0.000000162. The smallest absolute Gasteiger partial charge is 0.102 e. The van der Waals surface area contributed by atoms with Gasteiger partial charge in [0.15, 0.2) is 0 Å². The van der Waals surface area contributed by atoms with Gasteiger partial charge in [0.1, 0.15) is 11.2 Å². The molecular weight excluding hydrogens is 901 g/mol. The number of aliphatic hydroxyl groups excluding tert-OH is 4. The van der Waals surface area contributed by atoms with Crippen molar-refractivity contribution in [2.45, 2.75) is 189 Å². The highest BCUT2D eigenvalue weighted by atomic mass is 16.3. The summed E-state index contributed by atoms with van der Waals surface area (Å²) in [7, 11) is 0. The molecule has 6 fully saturated rings. The van der Waals surface area contributed by atoms with Gasteiger partial charge in [-0.25, -0.2) is 0 Å². The lowest BCUT2D eigenvalue weighted by molar-refractivity contribution is 0.0215. The molecule has 0 amide bonds. The molecule has 6 aliphatic heterocycles. The van der Waals surface area contributed by atoms with Gasteiger partial charge in [0, 0.05) is 36.3 Å². The zero-order valence-electron chi connectivity index (χ0n) is 44.1. The lowest BCUT2D eigenvalue weighted by Gasteiger charge is -2.30. The predicted molar refractivity (Wildman–Crippen MR) is 294 cm³/mol. The molecule has 0 aromatic heterocycles. The molecule has 10 rings (SSSR count). The van der Waals surface area contributed by atoms with Gasteiger partial charge in [0.2, 0.25) is 0 Å². The van der Waals surface area contributed by atoms with Crippen molar-refractivity contribution in [1.29, 1.82) is 0 Å². The number of rotatable bonds is 12. The van der Waals surface area contributed by atoms with Gasteiger partial charge in [0.25, 0.3) is 0 Å². The van der Waals surface area contributed by atoms with Gasteiger partial charge >= 0.3 is 0 Å². The van der Waals surface area contributed by atoms with Crippen molar-refractivity contribution in [3.8, 4) is 0 Å². The van der Waals surface area contributed by atoms with E-state index < -0.39 is 11.2 Å². The molecule has 6 heterocycles. The van der Waals surface area contributed by atoms with Gasteiger partial charge in [-0.05, 0) is 165 Å². The Bertz CT molecular complexity index is 1810. The minimum atomic E-state index is -0.738. The molecule has 1 unspecified atom stereocenters. The molecule has 12 N–H and O–H groups in total. The quantitative estimate of drug-likeness (QED) is 0.0682. The molecule has 12 atom stereocenters. The van der Waals surface area contributed by atoms with Crippen LogP contribution < -0.4 is 31.9 Å². The zero-order valence-corrected chi connectivity index (χ0v) is 44.1. The Morgan fingerprint density at radius 2 is 0.653 bits per heavy atom. The van der Waals surface area contributed by atoms with Crippen LogP contribution in [0.15, 0.2) is 121 Å². The molecule has 12 heteroatoms. The van der Waals surface area contributed by atoms with E-state index in [2.05, 4.69) is 31.9 Å². The van der Waals surface area contributed by atoms with Gasteiger partial charge in [-0.15, -0.1) is 0 Å². The van der Waals surface area contributed by atoms with E-state index in [4.69, 9.17) is 0 Å². The molecule has 4 aromatic carbocycles. The Morgan fingerprint density at radius 3 is 0.903 bits per heavy atom. The molecule has 6 aliphatic rings. The van der Waals surface area contributed by atoms with Crippen LogP contribution in [0.3, 0.4) is 0 Å². The van der Waals surface area contributed by atoms with E-state index in [1.165, 1.54) is 25.7 Å². The van der Waals surface area contributed by atoms with Crippen LogP contribution in [0.2, 0.25) is 0 Å². The lowest BCUT2D eigenvalue weighted by Crippen LogP contribution is -2.42. The molecular formula is C60H94N6O6. The molecule has 4 aromatic rings. The Labute approximate surface area is 433 Å². The van der Waals surface area contributed by atoms with Gasteiger partial charge in [-0.3, -0.25) is 0 Å². The fraction of sp³-hybridized carbons (Fsp3) is 0.600. The second-order valence-electron chi connectivity index (χ2n) is 20.8. The third-order valence-corrected chi connectivity index (χ3v) is 15.4. The minimum absolute atomic E-state index is 0.118. The predicted octanol–water partition coefficient (Wildman–Crippen LogP) is 7.25. The van der Waals surface area contributed by atoms with Crippen molar-refractivity contribution in [3.05, 3.63) is 144 Å². The summed E-state index contributed by atoms with van der Waals surface area (Å²) < 4.78 is 0. The summed E-state index contributed by atoms with van der Waals surface area (Å²) in [6.45, 7) is 14.1. The van der Waals surface area contributed by atoms with E-state index in [0.29, 0.717) is 12.1 Å². The number of nitrogens with one attached hydrogen (secondary N) is 6. The van der Waals surface area contributed by atoms with Gasteiger partial charge in [-0.2, -0.15) is 0 Å². The van der Waals surface area contributed by atoms with Gasteiger partial charge in [-0.1, -0.05) is 135 Å². The van der Waals surface area contributed by atoms with Crippen LogP contribution in [0.4, 0.5) is 0 Å². The molecule has 0 saturated carbocycles. The monoisotopic (exact) mass is 995 g/mol. The van der Waals surface area contributed by atoms with Crippen molar-refractivity contribution in [2.24, 2.45) is 0 Å². The first kappa shape index (κ1) is 59.3. The zero-order chi connectivity index (χ0) is 51.6. The molecule has 0 radical (unpaired) electrons. The summed E-state index contributed by atoms with van der Waals surface area (Å²) in [5.74, 6) is 0. The number of benzene rings is 4. The van der Waals surface area contributed by atoms with Gasteiger partial charge in [0.05, 0.1) is 24.4 Å². The summed E-state index contributed by atoms with van der Waals surface area (Å²) in [5, 5.41) is 79.2.